The molecule has 2 atom stereocenters. The van der Waals surface area contributed by atoms with Crippen molar-refractivity contribution in [2.75, 3.05) is 26.2 Å². The van der Waals surface area contributed by atoms with Gasteiger partial charge in [0.15, 0.2) is 0 Å². The first kappa shape index (κ1) is 14.1. The number of fused-ring (bicyclic) bond motifs is 1. The number of rotatable bonds is 3. The molecule has 1 aromatic carbocycles. The molecule has 4 nitrogen and oxygen atoms in total. The second-order valence-corrected chi connectivity index (χ2v) is 6.57. The third-order valence-corrected chi connectivity index (χ3v) is 4.99. The predicted octanol–water partition coefficient (Wildman–Crippen LogP) is 1.88. The second-order valence-electron chi connectivity index (χ2n) is 6.57. The van der Waals surface area contributed by atoms with Gasteiger partial charge in [0.05, 0.1) is 17.3 Å². The van der Waals surface area contributed by atoms with Gasteiger partial charge >= 0.3 is 0 Å². The predicted molar refractivity (Wildman–Crippen MR) is 87.6 cm³/mol. The van der Waals surface area contributed by atoms with Crippen LogP contribution in [0.15, 0.2) is 36.4 Å². The van der Waals surface area contributed by atoms with E-state index >= 15 is 0 Å². The summed E-state index contributed by atoms with van der Waals surface area (Å²) in [7, 11) is 0. The summed E-state index contributed by atoms with van der Waals surface area (Å²) in [6, 6.07) is 12.8. The number of aliphatic hydroxyl groups excluding tert-OH is 1. The molecule has 0 amide bonds. The summed E-state index contributed by atoms with van der Waals surface area (Å²) in [6.45, 7) is 4.82. The van der Waals surface area contributed by atoms with Crippen molar-refractivity contribution in [2.45, 2.75) is 31.5 Å². The van der Waals surface area contributed by atoms with Crippen molar-refractivity contribution in [2.24, 2.45) is 0 Å². The van der Waals surface area contributed by atoms with Crippen LogP contribution in [0, 0.1) is 0 Å². The van der Waals surface area contributed by atoms with Gasteiger partial charge in [-0.25, -0.2) is 0 Å². The standard InChI is InChI=1S/C18H23N3O/c22-18-13-20(12-17(18)21-9-3-4-10-21)11-15-8-7-14-5-1-2-6-16(14)19-15/h1-2,5-8,17-18,22H,3-4,9-13H2/t17-,18-/m0/s1. The molecule has 0 radical (unpaired) electrons. The van der Waals surface area contributed by atoms with Gasteiger partial charge in [-0.05, 0) is 38.1 Å². The van der Waals surface area contributed by atoms with E-state index in [4.69, 9.17) is 4.98 Å². The molecule has 1 N–H and O–H groups in total. The fourth-order valence-electron chi connectivity index (χ4n) is 3.83. The van der Waals surface area contributed by atoms with Gasteiger partial charge in [-0.1, -0.05) is 24.3 Å². The molecule has 2 aliphatic heterocycles. The van der Waals surface area contributed by atoms with Crippen LogP contribution >= 0.6 is 0 Å². The molecule has 0 bridgehead atoms. The van der Waals surface area contributed by atoms with Crippen LogP contribution in [0.5, 0.6) is 0 Å². The highest BCUT2D eigenvalue weighted by Crippen LogP contribution is 2.22. The van der Waals surface area contributed by atoms with E-state index in [1.165, 1.54) is 18.2 Å². The Morgan fingerprint density at radius 3 is 2.73 bits per heavy atom. The molecule has 4 heteroatoms. The molecular weight excluding hydrogens is 274 g/mol. The number of hydrogen-bond acceptors (Lipinski definition) is 4. The first-order valence-electron chi connectivity index (χ1n) is 8.29. The van der Waals surface area contributed by atoms with Crippen LogP contribution in [-0.4, -0.2) is 58.2 Å². The Labute approximate surface area is 131 Å². The number of aliphatic hydroxyl groups is 1. The molecule has 2 aliphatic rings. The van der Waals surface area contributed by atoms with E-state index in [2.05, 4.69) is 34.1 Å². The number of pyridine rings is 1. The van der Waals surface area contributed by atoms with Crippen molar-refractivity contribution < 1.29 is 5.11 Å². The van der Waals surface area contributed by atoms with E-state index in [-0.39, 0.29) is 6.10 Å². The lowest BCUT2D eigenvalue weighted by atomic mass is 10.2. The fourth-order valence-corrected chi connectivity index (χ4v) is 3.83. The lowest BCUT2D eigenvalue weighted by Crippen LogP contribution is -2.41. The van der Waals surface area contributed by atoms with Crippen LogP contribution in [0.3, 0.4) is 0 Å². The number of benzene rings is 1. The Balaban J connectivity index is 1.46. The van der Waals surface area contributed by atoms with Gasteiger partial charge in [0.25, 0.3) is 0 Å². The second kappa shape index (κ2) is 5.95. The minimum Gasteiger partial charge on any atom is -0.390 e. The average Bonchev–Trinajstić information content (AvgIpc) is 3.17. The SMILES string of the molecule is O[C@H]1CN(Cc2ccc3ccccc3n2)C[C@@H]1N1CCCC1. The molecule has 116 valence electrons. The summed E-state index contributed by atoms with van der Waals surface area (Å²) in [5.41, 5.74) is 2.14. The van der Waals surface area contributed by atoms with Crippen LogP contribution < -0.4 is 0 Å². The molecular formula is C18H23N3O. The van der Waals surface area contributed by atoms with Crippen LogP contribution in [0.4, 0.5) is 0 Å². The molecule has 22 heavy (non-hydrogen) atoms. The number of hydrogen-bond donors (Lipinski definition) is 1. The molecule has 0 spiro atoms. The van der Waals surface area contributed by atoms with Crippen LogP contribution in [-0.2, 0) is 6.54 Å². The van der Waals surface area contributed by atoms with Crippen molar-refractivity contribution in [1.82, 2.24) is 14.8 Å². The zero-order valence-corrected chi connectivity index (χ0v) is 12.9. The van der Waals surface area contributed by atoms with E-state index in [9.17, 15) is 5.11 Å². The van der Waals surface area contributed by atoms with E-state index in [1.807, 2.05) is 12.1 Å². The van der Waals surface area contributed by atoms with Gasteiger partial charge in [0, 0.05) is 31.1 Å². The largest absolute Gasteiger partial charge is 0.390 e. The highest BCUT2D eigenvalue weighted by Gasteiger charge is 2.36. The Morgan fingerprint density at radius 1 is 1.05 bits per heavy atom. The summed E-state index contributed by atoms with van der Waals surface area (Å²) in [5.74, 6) is 0. The average molecular weight is 297 g/mol. The zero-order chi connectivity index (χ0) is 14.9. The maximum atomic E-state index is 10.4. The fraction of sp³-hybridized carbons (Fsp3) is 0.500. The zero-order valence-electron chi connectivity index (χ0n) is 12.9. The molecule has 2 fully saturated rings. The third kappa shape index (κ3) is 2.74. The highest BCUT2D eigenvalue weighted by atomic mass is 16.3. The lowest BCUT2D eigenvalue weighted by Gasteiger charge is -2.25. The number of β-amino-alcohol motifs (C(OH)–C–C–N with tert-alkyl or cyclic N) is 1. The van der Waals surface area contributed by atoms with E-state index in [0.29, 0.717) is 6.04 Å². The van der Waals surface area contributed by atoms with Crippen molar-refractivity contribution in [3.05, 3.63) is 42.1 Å². The van der Waals surface area contributed by atoms with Gasteiger partial charge in [-0.3, -0.25) is 14.8 Å². The highest BCUT2D eigenvalue weighted by molar-refractivity contribution is 5.78. The first-order chi connectivity index (χ1) is 10.8. The van der Waals surface area contributed by atoms with Crippen molar-refractivity contribution in [3.8, 4) is 0 Å². The Hall–Kier alpha value is -1.49. The Morgan fingerprint density at radius 2 is 1.86 bits per heavy atom. The van der Waals surface area contributed by atoms with Gasteiger partial charge in [0.2, 0.25) is 0 Å². The number of nitrogens with zero attached hydrogens (tertiary/aromatic N) is 3. The van der Waals surface area contributed by atoms with Gasteiger partial charge in [-0.2, -0.15) is 0 Å². The minimum atomic E-state index is -0.224. The molecule has 2 aromatic rings. The Bertz CT molecular complexity index is 654. The number of likely N-dealkylation sites (tertiary alicyclic amines) is 2. The van der Waals surface area contributed by atoms with Crippen LogP contribution in [0.2, 0.25) is 0 Å². The number of para-hydroxylation sites is 1. The van der Waals surface area contributed by atoms with E-state index in [0.717, 1.165) is 43.9 Å². The summed E-state index contributed by atoms with van der Waals surface area (Å²) in [4.78, 5) is 9.54. The molecule has 0 aliphatic carbocycles. The van der Waals surface area contributed by atoms with Crippen LogP contribution in [0.1, 0.15) is 18.5 Å². The van der Waals surface area contributed by atoms with Crippen molar-refractivity contribution >= 4 is 10.9 Å². The van der Waals surface area contributed by atoms with Gasteiger partial charge in [0.1, 0.15) is 0 Å². The van der Waals surface area contributed by atoms with Crippen molar-refractivity contribution in [3.63, 3.8) is 0 Å². The quantitative estimate of drug-likeness (QED) is 0.939. The molecule has 2 saturated heterocycles. The lowest BCUT2D eigenvalue weighted by molar-refractivity contribution is 0.0978. The summed E-state index contributed by atoms with van der Waals surface area (Å²) < 4.78 is 0. The summed E-state index contributed by atoms with van der Waals surface area (Å²) in [6.07, 6.45) is 2.32. The van der Waals surface area contributed by atoms with E-state index < -0.39 is 0 Å². The van der Waals surface area contributed by atoms with Crippen LogP contribution in [0.25, 0.3) is 10.9 Å². The smallest absolute Gasteiger partial charge is 0.0834 e. The number of aromatic nitrogens is 1. The summed E-state index contributed by atoms with van der Waals surface area (Å²) >= 11 is 0. The topological polar surface area (TPSA) is 39.6 Å². The maximum Gasteiger partial charge on any atom is 0.0834 e. The molecule has 0 unspecified atom stereocenters. The third-order valence-electron chi connectivity index (χ3n) is 4.99. The molecule has 4 rings (SSSR count). The normalized spacial score (nSPS) is 27.0. The van der Waals surface area contributed by atoms with E-state index in [1.54, 1.807) is 0 Å². The molecule has 0 saturated carbocycles. The molecule has 3 heterocycles. The first-order valence-corrected chi connectivity index (χ1v) is 8.29. The maximum absolute atomic E-state index is 10.4. The van der Waals surface area contributed by atoms with Gasteiger partial charge < -0.3 is 5.11 Å². The summed E-state index contributed by atoms with van der Waals surface area (Å²) in [5, 5.41) is 11.5. The monoisotopic (exact) mass is 297 g/mol. The molecule has 1 aromatic heterocycles. The van der Waals surface area contributed by atoms with Crippen molar-refractivity contribution in [1.29, 1.82) is 0 Å². The Kier molecular flexibility index (Phi) is 3.82. The minimum absolute atomic E-state index is 0.224. The van der Waals surface area contributed by atoms with Gasteiger partial charge in [-0.15, -0.1) is 0 Å².